The molecule has 0 atom stereocenters. The molecule has 0 aromatic heterocycles. The fourth-order valence-corrected chi connectivity index (χ4v) is 1.84. The van der Waals surface area contributed by atoms with E-state index in [-0.39, 0.29) is 20.4 Å². The quantitative estimate of drug-likeness (QED) is 0.537. The lowest BCUT2D eigenvalue weighted by atomic mass is 10.2. The molecule has 44 valence electrons. The minimum atomic E-state index is 0.216. The van der Waals surface area contributed by atoms with Gasteiger partial charge in [-0.3, -0.25) is 0 Å². The van der Waals surface area contributed by atoms with Gasteiger partial charge in [0.05, 0.1) is 0 Å². The molecule has 9 heavy (non-hydrogen) atoms. The van der Waals surface area contributed by atoms with Crippen molar-refractivity contribution in [2.75, 3.05) is 0 Å². The summed E-state index contributed by atoms with van der Waals surface area (Å²) in [7, 11) is 0. The topological polar surface area (TPSA) is 0 Å². The molecule has 1 aromatic rings. The van der Waals surface area contributed by atoms with Gasteiger partial charge in [0.1, 0.15) is 0 Å². The molecule has 0 saturated heterocycles. The van der Waals surface area contributed by atoms with E-state index in [1.165, 1.54) is 10.1 Å². The highest BCUT2D eigenvalue weighted by molar-refractivity contribution is 6.32. The minimum Gasteiger partial charge on any atom is -0.157 e. The van der Waals surface area contributed by atoms with Gasteiger partial charge in [-0.2, -0.15) is 5.05 Å². The Kier molecular flexibility index (Phi) is 3.08. The van der Waals surface area contributed by atoms with E-state index < -0.39 is 0 Å². The zero-order valence-electron chi connectivity index (χ0n) is 5.80. The minimum absolute atomic E-state index is 0.216. The first-order valence-electron chi connectivity index (χ1n) is 3.47. The molecule has 1 rings (SSSR count). The molecule has 0 N–H and O–H groups in total. The summed E-state index contributed by atoms with van der Waals surface area (Å²) in [5.74, 6) is 0. The first-order chi connectivity index (χ1) is 4.43. The third-order valence-electron chi connectivity index (χ3n) is 1.38. The third kappa shape index (κ3) is 2.37. The highest BCUT2D eigenvalue weighted by Crippen LogP contribution is 1.97. The molecule has 0 spiro atoms. The van der Waals surface area contributed by atoms with Crippen LogP contribution < -0.4 is 0 Å². The van der Waals surface area contributed by atoms with Crippen LogP contribution >= 0.6 is 0 Å². The second-order valence-electron chi connectivity index (χ2n) is 2.24. The second-order valence-corrected chi connectivity index (χ2v) is 3.74. The van der Waals surface area contributed by atoms with Crippen LogP contribution in [0.3, 0.4) is 0 Å². The van der Waals surface area contributed by atoms with E-state index in [0.717, 1.165) is 0 Å². The Morgan fingerprint density at radius 3 is 2.44 bits per heavy atom. The van der Waals surface area contributed by atoms with Crippen molar-refractivity contribution in [2.24, 2.45) is 0 Å². The molecular formula is C8H10Mg. The zero-order chi connectivity index (χ0) is 6.53. The zero-order valence-corrected chi connectivity index (χ0v) is 7.22. The van der Waals surface area contributed by atoms with Crippen molar-refractivity contribution in [3.63, 3.8) is 0 Å². The number of hydrogen-bond donors (Lipinski definition) is 0. The summed E-state index contributed by atoms with van der Waals surface area (Å²) < 4.78 is 1.35. The van der Waals surface area contributed by atoms with Gasteiger partial charge in [0.2, 0.25) is 0 Å². The van der Waals surface area contributed by atoms with Crippen LogP contribution in [0.4, 0.5) is 0 Å². The summed E-state index contributed by atoms with van der Waals surface area (Å²) in [6, 6.07) is 10.7. The van der Waals surface area contributed by atoms with Gasteiger partial charge in [0, 0.05) is 0 Å². The van der Waals surface area contributed by atoms with Gasteiger partial charge in [-0.05, 0) is 0 Å². The van der Waals surface area contributed by atoms with Gasteiger partial charge in [0.25, 0.3) is 0 Å². The maximum Gasteiger partial charge on any atom is 0.366 e. The van der Waals surface area contributed by atoms with Crippen molar-refractivity contribution >= 4 is 20.4 Å². The van der Waals surface area contributed by atoms with E-state index in [2.05, 4.69) is 35.4 Å². The molecule has 0 unspecified atom stereocenters. The van der Waals surface area contributed by atoms with Crippen LogP contribution in [0.1, 0.15) is 5.56 Å². The van der Waals surface area contributed by atoms with Crippen LogP contribution in [0.15, 0.2) is 30.3 Å². The van der Waals surface area contributed by atoms with E-state index in [1.807, 2.05) is 0 Å². The Balaban J connectivity index is 2.61. The summed E-state index contributed by atoms with van der Waals surface area (Å²) >= 11 is 0.216. The molecule has 0 heterocycles. The molecule has 1 aromatic carbocycles. The van der Waals surface area contributed by atoms with Crippen LogP contribution in [-0.2, 0) is 4.55 Å². The van der Waals surface area contributed by atoms with Crippen molar-refractivity contribution < 1.29 is 0 Å². The number of benzene rings is 1. The van der Waals surface area contributed by atoms with E-state index in [9.17, 15) is 0 Å². The molecule has 0 aliphatic carbocycles. The lowest BCUT2D eigenvalue weighted by molar-refractivity contribution is 1.38. The Labute approximate surface area is 66.0 Å². The normalized spacial score (nSPS) is 8.56. The molecule has 0 radical (unpaired) electrons. The van der Waals surface area contributed by atoms with Crippen LogP contribution in [0.2, 0.25) is 5.05 Å². The van der Waals surface area contributed by atoms with Gasteiger partial charge in [-0.15, -0.1) is 4.55 Å². The van der Waals surface area contributed by atoms with E-state index in [1.54, 1.807) is 0 Å². The van der Waals surface area contributed by atoms with E-state index in [0.29, 0.717) is 0 Å². The Hall–Kier alpha value is -0.0138. The highest BCUT2D eigenvalue weighted by atomic mass is 24.5. The predicted molar refractivity (Wildman–Crippen MR) is 41.8 cm³/mol. The SMILES string of the molecule is [CH3][Mg][CH2]c1ccccc1. The van der Waals surface area contributed by atoms with Crippen molar-refractivity contribution in [1.29, 1.82) is 0 Å². The highest BCUT2D eigenvalue weighted by Gasteiger charge is 1.88. The molecule has 0 nitrogen and oxygen atoms in total. The number of hydrogen-bond acceptors (Lipinski definition) is 0. The van der Waals surface area contributed by atoms with Crippen LogP contribution in [0, 0.1) is 0 Å². The van der Waals surface area contributed by atoms with Crippen LogP contribution in [0.5, 0.6) is 0 Å². The van der Waals surface area contributed by atoms with E-state index >= 15 is 0 Å². The first kappa shape index (κ1) is 7.10. The average molecular weight is 130 g/mol. The standard InChI is InChI=1S/C7H7.CH3.Mg/c1-7-5-3-2-4-6-7;;/h2-6H,1H2;1H3;. The summed E-state index contributed by atoms with van der Waals surface area (Å²) in [6.45, 7) is 0. The predicted octanol–water partition coefficient (Wildman–Crippen LogP) is 1.94. The smallest absolute Gasteiger partial charge is 0.157 e. The molecule has 0 amide bonds. The summed E-state index contributed by atoms with van der Waals surface area (Å²) in [5.41, 5.74) is 1.51. The second kappa shape index (κ2) is 3.91. The summed E-state index contributed by atoms with van der Waals surface area (Å²) in [5, 5.41) is 2.34. The molecule has 0 fully saturated rings. The first-order valence-corrected chi connectivity index (χ1v) is 5.89. The van der Waals surface area contributed by atoms with Crippen LogP contribution in [-0.4, -0.2) is 20.4 Å². The van der Waals surface area contributed by atoms with Crippen molar-refractivity contribution in [2.45, 2.75) is 9.60 Å². The molecular weight excluding hydrogens is 120 g/mol. The maximum absolute atomic E-state index is 2.34. The monoisotopic (exact) mass is 130 g/mol. The van der Waals surface area contributed by atoms with Gasteiger partial charge in [0.15, 0.2) is 0 Å². The maximum atomic E-state index is 2.34. The molecule has 0 saturated carbocycles. The molecule has 0 aliphatic heterocycles. The Bertz CT molecular complexity index is 157. The van der Waals surface area contributed by atoms with E-state index in [4.69, 9.17) is 0 Å². The third-order valence-corrected chi connectivity index (χ3v) is 2.46. The van der Waals surface area contributed by atoms with Gasteiger partial charge in [-0.1, -0.05) is 35.9 Å². The van der Waals surface area contributed by atoms with Gasteiger partial charge < -0.3 is 0 Å². The molecule has 0 bridgehead atoms. The Morgan fingerprint density at radius 1 is 1.22 bits per heavy atom. The lowest BCUT2D eigenvalue weighted by Crippen LogP contribution is -1.88. The van der Waals surface area contributed by atoms with Crippen LogP contribution in [0.25, 0.3) is 0 Å². The van der Waals surface area contributed by atoms with Crippen molar-refractivity contribution in [3.8, 4) is 0 Å². The van der Waals surface area contributed by atoms with Crippen molar-refractivity contribution in [3.05, 3.63) is 35.9 Å². The summed E-state index contributed by atoms with van der Waals surface area (Å²) in [6.07, 6.45) is 0. The van der Waals surface area contributed by atoms with Crippen molar-refractivity contribution in [1.82, 2.24) is 0 Å². The number of rotatable bonds is 2. The Morgan fingerprint density at radius 2 is 1.89 bits per heavy atom. The van der Waals surface area contributed by atoms with Gasteiger partial charge in [-0.25, -0.2) is 0 Å². The fourth-order valence-electron chi connectivity index (χ4n) is 0.933. The van der Waals surface area contributed by atoms with Gasteiger partial charge >= 0.3 is 20.4 Å². The fraction of sp³-hybridized carbons (Fsp3) is 0.250. The summed E-state index contributed by atoms with van der Waals surface area (Å²) in [4.78, 5) is 0. The largest absolute Gasteiger partial charge is 0.366 e. The molecule has 0 aliphatic rings. The average Bonchev–Trinajstić information content (AvgIpc) is 1.91. The lowest BCUT2D eigenvalue weighted by Gasteiger charge is -1.93. The molecule has 1 heteroatoms.